The minimum atomic E-state index is -0.373. The van der Waals surface area contributed by atoms with Crippen LogP contribution in [-0.2, 0) is 14.1 Å². The van der Waals surface area contributed by atoms with E-state index in [9.17, 15) is 14.4 Å². The van der Waals surface area contributed by atoms with Crippen molar-refractivity contribution in [1.82, 2.24) is 24.3 Å². The molecule has 0 saturated heterocycles. The van der Waals surface area contributed by atoms with Crippen LogP contribution in [0.1, 0.15) is 37.1 Å². The number of aromatic nitrogens is 3. The largest absolute Gasteiger partial charge is 0.351 e. The molecule has 0 aromatic carbocycles. The monoisotopic (exact) mass is 491 g/mol. The molecular weight excluding hydrogens is 466 g/mol. The van der Waals surface area contributed by atoms with Gasteiger partial charge in [0.2, 0.25) is 0 Å². The van der Waals surface area contributed by atoms with E-state index >= 15 is 0 Å². The number of thiazole rings is 1. The fourth-order valence-electron chi connectivity index (χ4n) is 3.15. The second-order valence-electron chi connectivity index (χ2n) is 7.75. The maximum Gasteiger partial charge on any atom is 0.272 e. The van der Waals surface area contributed by atoms with Gasteiger partial charge in [-0.05, 0) is 39.2 Å². The summed E-state index contributed by atoms with van der Waals surface area (Å²) in [5.41, 5.74) is 1.74. The molecule has 3 amide bonds. The van der Waals surface area contributed by atoms with Crippen molar-refractivity contribution in [2.24, 2.45) is 14.1 Å². The molecule has 0 aliphatic heterocycles. The van der Waals surface area contributed by atoms with Gasteiger partial charge in [-0.3, -0.25) is 14.4 Å². The number of nitrogens with zero attached hydrogens (tertiary/aromatic N) is 4. The highest BCUT2D eigenvalue weighted by Gasteiger charge is 2.18. The molecule has 3 N–H and O–H groups in total. The average Bonchev–Trinajstić information content (AvgIpc) is 3.43. The van der Waals surface area contributed by atoms with Crippen LogP contribution in [0, 0.1) is 0 Å². The lowest BCUT2D eigenvalue weighted by Gasteiger charge is -2.10. The van der Waals surface area contributed by atoms with E-state index in [1.807, 2.05) is 14.1 Å². The Morgan fingerprint density at radius 1 is 1.00 bits per heavy atom. The van der Waals surface area contributed by atoms with Gasteiger partial charge in [0.05, 0.1) is 17.6 Å². The first-order chi connectivity index (χ1) is 15.6. The minimum absolute atomic E-state index is 0.205. The number of carbonyl (C=O) groups excluding carboxylic acids is 3. The summed E-state index contributed by atoms with van der Waals surface area (Å²) in [6.45, 7) is 1.45. The summed E-state index contributed by atoms with van der Waals surface area (Å²) in [5.74, 6) is -0.938. The van der Waals surface area contributed by atoms with Crippen molar-refractivity contribution in [2.75, 3.05) is 37.8 Å². The topological polar surface area (TPSA) is 113 Å². The highest BCUT2D eigenvalue weighted by Crippen LogP contribution is 2.21. The molecule has 33 heavy (non-hydrogen) atoms. The average molecular weight is 492 g/mol. The Kier molecular flexibility index (Phi) is 7.90. The second-order valence-corrected chi connectivity index (χ2v) is 9.36. The van der Waals surface area contributed by atoms with Gasteiger partial charge in [0.15, 0.2) is 4.47 Å². The van der Waals surface area contributed by atoms with Gasteiger partial charge in [-0.1, -0.05) is 22.9 Å². The van der Waals surface area contributed by atoms with Crippen LogP contribution in [0.4, 0.5) is 11.4 Å². The SMILES string of the molecule is CN(C)CCCNC(=O)c1cc(NC(=O)c2cc(NC(=O)c3cnc(Cl)s3)cn2C)cn1C. The minimum Gasteiger partial charge on any atom is -0.351 e. The first kappa shape index (κ1) is 24.5. The van der Waals surface area contributed by atoms with E-state index in [4.69, 9.17) is 11.6 Å². The third-order valence-electron chi connectivity index (χ3n) is 4.76. The van der Waals surface area contributed by atoms with E-state index in [-0.39, 0.29) is 22.2 Å². The van der Waals surface area contributed by atoms with E-state index in [2.05, 4.69) is 25.8 Å². The van der Waals surface area contributed by atoms with Crippen LogP contribution in [0.5, 0.6) is 0 Å². The smallest absolute Gasteiger partial charge is 0.272 e. The highest BCUT2D eigenvalue weighted by molar-refractivity contribution is 7.17. The Morgan fingerprint density at radius 3 is 2.12 bits per heavy atom. The molecule has 0 fully saturated rings. The van der Waals surface area contributed by atoms with Gasteiger partial charge in [-0.25, -0.2) is 4.98 Å². The van der Waals surface area contributed by atoms with E-state index < -0.39 is 0 Å². The molecule has 10 nitrogen and oxygen atoms in total. The standard InChI is InChI=1S/C21H26ClN7O3S/c1-27(2)7-5-6-23-18(30)15-8-13(11-28(15)3)25-19(31)16-9-14(12-29(16)4)26-20(32)17-10-24-21(22)33-17/h8-12H,5-7H2,1-4H3,(H,23,30)(H,25,31)(H,26,32). The molecule has 0 aliphatic carbocycles. The number of halogens is 1. The molecule has 3 heterocycles. The molecule has 0 radical (unpaired) electrons. The van der Waals surface area contributed by atoms with Crippen molar-refractivity contribution < 1.29 is 14.4 Å². The molecule has 3 aromatic rings. The summed E-state index contributed by atoms with van der Waals surface area (Å²) in [6, 6.07) is 3.19. The van der Waals surface area contributed by atoms with Crippen molar-refractivity contribution in [1.29, 1.82) is 0 Å². The van der Waals surface area contributed by atoms with E-state index in [0.29, 0.717) is 34.2 Å². The summed E-state index contributed by atoms with van der Waals surface area (Å²) >= 11 is 6.84. The molecule has 3 aromatic heterocycles. The van der Waals surface area contributed by atoms with Crippen LogP contribution in [0.25, 0.3) is 0 Å². The first-order valence-corrected chi connectivity index (χ1v) is 11.3. The third kappa shape index (κ3) is 6.44. The summed E-state index contributed by atoms with van der Waals surface area (Å²) in [4.78, 5) is 43.8. The molecule has 0 unspecified atom stereocenters. The molecule has 176 valence electrons. The van der Waals surface area contributed by atoms with E-state index in [1.165, 1.54) is 6.20 Å². The van der Waals surface area contributed by atoms with Gasteiger partial charge in [0, 0.05) is 33.0 Å². The van der Waals surface area contributed by atoms with Crippen LogP contribution in [-0.4, -0.2) is 63.9 Å². The zero-order chi connectivity index (χ0) is 24.1. The Labute approximate surface area is 200 Å². The van der Waals surface area contributed by atoms with E-state index in [1.54, 1.807) is 47.8 Å². The van der Waals surface area contributed by atoms with Crippen molar-refractivity contribution >= 4 is 52.0 Å². The predicted molar refractivity (Wildman–Crippen MR) is 129 cm³/mol. The van der Waals surface area contributed by atoms with Crippen molar-refractivity contribution in [3.8, 4) is 0 Å². The molecule has 0 aliphatic rings. The molecular formula is C21H26ClN7O3S. The molecule has 3 rings (SSSR count). The van der Waals surface area contributed by atoms with E-state index in [0.717, 1.165) is 24.3 Å². The molecule has 12 heteroatoms. The maximum absolute atomic E-state index is 12.8. The predicted octanol–water partition coefficient (Wildman–Crippen LogP) is 2.66. The quantitative estimate of drug-likeness (QED) is 0.398. The number of anilines is 2. The van der Waals surface area contributed by atoms with Crippen molar-refractivity contribution in [3.63, 3.8) is 0 Å². The number of nitrogens with one attached hydrogen (secondary N) is 3. The van der Waals surface area contributed by atoms with Gasteiger partial charge >= 0.3 is 0 Å². The van der Waals surface area contributed by atoms with Crippen LogP contribution in [0.2, 0.25) is 4.47 Å². The summed E-state index contributed by atoms with van der Waals surface area (Å²) in [6.07, 6.45) is 5.54. The lowest BCUT2D eigenvalue weighted by molar-refractivity contribution is 0.0942. The molecule has 0 spiro atoms. The molecule has 0 atom stereocenters. The van der Waals surface area contributed by atoms with Crippen LogP contribution in [0.15, 0.2) is 30.7 Å². The van der Waals surface area contributed by atoms with Crippen LogP contribution in [0.3, 0.4) is 0 Å². The van der Waals surface area contributed by atoms with Gasteiger partial charge in [0.1, 0.15) is 16.3 Å². The number of carbonyl (C=O) groups is 3. The summed E-state index contributed by atoms with van der Waals surface area (Å²) < 4.78 is 3.54. The number of hydrogen-bond acceptors (Lipinski definition) is 6. The molecule has 0 bridgehead atoms. The Balaban J connectivity index is 1.61. The Bertz CT molecular complexity index is 1160. The lowest BCUT2D eigenvalue weighted by atomic mass is 10.3. The van der Waals surface area contributed by atoms with Crippen LogP contribution >= 0.6 is 22.9 Å². The summed E-state index contributed by atoms with van der Waals surface area (Å²) in [5, 5.41) is 8.40. The Hall–Kier alpha value is -3.15. The second kappa shape index (κ2) is 10.6. The molecule has 0 saturated carbocycles. The number of aryl methyl sites for hydroxylation is 2. The number of hydrogen-bond donors (Lipinski definition) is 3. The lowest BCUT2D eigenvalue weighted by Crippen LogP contribution is -2.28. The normalized spacial score (nSPS) is 11.0. The van der Waals surface area contributed by atoms with Gasteiger partial charge in [0.25, 0.3) is 17.7 Å². The zero-order valence-electron chi connectivity index (χ0n) is 18.8. The fraction of sp³-hybridized carbons (Fsp3) is 0.333. The zero-order valence-corrected chi connectivity index (χ0v) is 20.4. The fourth-order valence-corrected chi connectivity index (χ4v) is 3.98. The highest BCUT2D eigenvalue weighted by atomic mass is 35.5. The van der Waals surface area contributed by atoms with Gasteiger partial charge in [-0.15, -0.1) is 0 Å². The van der Waals surface area contributed by atoms with Gasteiger partial charge < -0.3 is 30.0 Å². The number of amides is 3. The first-order valence-electron chi connectivity index (χ1n) is 10.1. The van der Waals surface area contributed by atoms with Crippen molar-refractivity contribution in [2.45, 2.75) is 6.42 Å². The third-order valence-corrected chi connectivity index (χ3v) is 5.87. The summed E-state index contributed by atoms with van der Waals surface area (Å²) in [7, 11) is 7.40. The maximum atomic E-state index is 12.8. The van der Waals surface area contributed by atoms with Crippen molar-refractivity contribution in [3.05, 3.63) is 51.5 Å². The van der Waals surface area contributed by atoms with Gasteiger partial charge in [-0.2, -0.15) is 0 Å². The Morgan fingerprint density at radius 2 is 1.58 bits per heavy atom. The van der Waals surface area contributed by atoms with Crippen LogP contribution < -0.4 is 16.0 Å². The number of rotatable bonds is 9.